The topological polar surface area (TPSA) is 77.3 Å². The third kappa shape index (κ3) is 3.08. The molecule has 1 aromatic carbocycles. The Morgan fingerprint density at radius 3 is 2.93 bits per heavy atom. The van der Waals surface area contributed by atoms with Crippen molar-refractivity contribution in [1.29, 1.82) is 0 Å². The molecular weight excluding hydrogens is 364 g/mol. The van der Waals surface area contributed by atoms with Crippen molar-refractivity contribution in [2.75, 3.05) is 20.2 Å². The van der Waals surface area contributed by atoms with Crippen LogP contribution < -0.4 is 4.74 Å². The Morgan fingerprint density at radius 1 is 1.30 bits per heavy atom. The Balaban J connectivity index is 1.64. The molecule has 1 atom stereocenters. The first-order valence-corrected chi connectivity index (χ1v) is 10.4. The summed E-state index contributed by atoms with van der Waals surface area (Å²) < 4.78 is 34.9. The second kappa shape index (κ2) is 6.94. The van der Waals surface area contributed by atoms with E-state index in [1.807, 2.05) is 12.3 Å². The molecule has 1 aliphatic rings. The lowest BCUT2D eigenvalue weighted by molar-refractivity contribution is 0.412. The summed E-state index contributed by atoms with van der Waals surface area (Å²) in [4.78, 5) is 9.22. The quantitative estimate of drug-likeness (QED) is 0.674. The fraction of sp³-hybridized carbons (Fsp3) is 0.368. The molecule has 0 amide bonds. The van der Waals surface area contributed by atoms with Crippen molar-refractivity contribution in [2.45, 2.75) is 30.7 Å². The second-order valence-corrected chi connectivity index (χ2v) is 8.54. The van der Waals surface area contributed by atoms with Crippen LogP contribution in [0.1, 0.15) is 25.1 Å². The van der Waals surface area contributed by atoms with E-state index in [9.17, 15) is 8.42 Å². The zero-order valence-electron chi connectivity index (χ0n) is 15.4. The largest absolute Gasteiger partial charge is 0.497 e. The van der Waals surface area contributed by atoms with Gasteiger partial charge in [0.05, 0.1) is 29.2 Å². The number of hydrogen-bond acceptors (Lipinski definition) is 5. The lowest BCUT2D eigenvalue weighted by Crippen LogP contribution is -2.29. The van der Waals surface area contributed by atoms with E-state index in [-0.39, 0.29) is 10.8 Å². The van der Waals surface area contributed by atoms with E-state index in [1.165, 1.54) is 7.11 Å². The Hall–Kier alpha value is -2.45. The van der Waals surface area contributed by atoms with Crippen molar-refractivity contribution in [3.63, 3.8) is 0 Å². The van der Waals surface area contributed by atoms with Gasteiger partial charge in [-0.1, -0.05) is 6.07 Å². The van der Waals surface area contributed by atoms with Crippen LogP contribution in [0.2, 0.25) is 0 Å². The molecule has 0 aliphatic carbocycles. The summed E-state index contributed by atoms with van der Waals surface area (Å²) in [6, 6.07) is 8.50. The molecule has 0 N–H and O–H groups in total. The third-order valence-electron chi connectivity index (χ3n) is 5.09. The Labute approximate surface area is 158 Å². The Bertz CT molecular complexity index is 1080. The molecule has 142 valence electrons. The summed E-state index contributed by atoms with van der Waals surface area (Å²) in [5.41, 5.74) is 1.89. The molecule has 3 heterocycles. The minimum atomic E-state index is -3.56. The maximum atomic E-state index is 13.0. The van der Waals surface area contributed by atoms with E-state index in [0.717, 1.165) is 29.8 Å². The van der Waals surface area contributed by atoms with Gasteiger partial charge >= 0.3 is 0 Å². The van der Waals surface area contributed by atoms with Gasteiger partial charge in [0.25, 0.3) is 0 Å². The van der Waals surface area contributed by atoms with E-state index in [1.54, 1.807) is 34.8 Å². The molecule has 1 saturated heterocycles. The van der Waals surface area contributed by atoms with Crippen molar-refractivity contribution < 1.29 is 13.2 Å². The normalized spacial score (nSPS) is 18.2. The van der Waals surface area contributed by atoms with Gasteiger partial charge in [0.1, 0.15) is 11.6 Å². The molecule has 0 bridgehead atoms. The fourth-order valence-corrected chi connectivity index (χ4v) is 5.24. The van der Waals surface area contributed by atoms with E-state index in [2.05, 4.69) is 16.5 Å². The first-order valence-electron chi connectivity index (χ1n) is 8.99. The van der Waals surface area contributed by atoms with Crippen molar-refractivity contribution in [1.82, 2.24) is 18.8 Å². The smallest absolute Gasteiger partial charge is 0.243 e. The highest BCUT2D eigenvalue weighted by Gasteiger charge is 2.35. The summed E-state index contributed by atoms with van der Waals surface area (Å²) in [7, 11) is -2.03. The zero-order valence-corrected chi connectivity index (χ0v) is 16.2. The minimum absolute atomic E-state index is 0.0673. The van der Waals surface area contributed by atoms with E-state index in [0.29, 0.717) is 18.8 Å². The number of rotatable bonds is 5. The van der Waals surface area contributed by atoms with Crippen LogP contribution in [-0.4, -0.2) is 47.5 Å². The van der Waals surface area contributed by atoms with Crippen LogP contribution in [0.3, 0.4) is 0 Å². The molecule has 0 unspecified atom stereocenters. The summed E-state index contributed by atoms with van der Waals surface area (Å²) in [6.45, 7) is 3.75. The van der Waals surface area contributed by atoms with Gasteiger partial charge in [0, 0.05) is 37.8 Å². The predicted octanol–water partition coefficient (Wildman–Crippen LogP) is 2.64. The number of hydrogen-bond donors (Lipinski definition) is 0. The van der Waals surface area contributed by atoms with Crippen LogP contribution in [0.25, 0.3) is 11.0 Å². The summed E-state index contributed by atoms with van der Waals surface area (Å²) in [5, 5.41) is 0. The first-order chi connectivity index (χ1) is 13.0. The number of aryl methyl sites for hydroxylation is 1. The van der Waals surface area contributed by atoms with Crippen molar-refractivity contribution in [3.8, 4) is 5.75 Å². The zero-order chi connectivity index (χ0) is 19.0. The number of sulfonamides is 1. The SMILES string of the molecule is CCn1c([C@@H]2CCN(S(=O)(=O)c3cccc(OC)c3)C2)nc2ccncc21. The standard InChI is InChI=1S/C19H22N4O3S/c1-3-23-18-12-20-9-7-17(18)21-19(23)14-8-10-22(13-14)27(24,25)16-6-4-5-15(11-16)26-2/h4-7,9,11-12,14H,3,8,10,13H2,1-2H3/t14-/m1/s1. The van der Waals surface area contributed by atoms with Crippen LogP contribution in [0.5, 0.6) is 5.75 Å². The van der Waals surface area contributed by atoms with E-state index >= 15 is 0 Å². The molecular formula is C19H22N4O3S. The highest BCUT2D eigenvalue weighted by Crippen LogP contribution is 2.33. The predicted molar refractivity (Wildman–Crippen MR) is 102 cm³/mol. The average Bonchev–Trinajstić information content (AvgIpc) is 3.32. The second-order valence-electron chi connectivity index (χ2n) is 6.61. The van der Waals surface area contributed by atoms with Gasteiger partial charge in [0.2, 0.25) is 10.0 Å². The number of ether oxygens (including phenoxy) is 1. The lowest BCUT2D eigenvalue weighted by atomic mass is 10.1. The minimum Gasteiger partial charge on any atom is -0.497 e. The monoisotopic (exact) mass is 386 g/mol. The summed E-state index contributed by atoms with van der Waals surface area (Å²) in [6.07, 6.45) is 4.29. The number of fused-ring (bicyclic) bond motifs is 1. The maximum Gasteiger partial charge on any atom is 0.243 e. The molecule has 0 radical (unpaired) electrons. The van der Waals surface area contributed by atoms with Gasteiger partial charge in [-0.25, -0.2) is 13.4 Å². The highest BCUT2D eigenvalue weighted by molar-refractivity contribution is 7.89. The van der Waals surface area contributed by atoms with Gasteiger partial charge in [-0.05, 0) is 31.5 Å². The van der Waals surface area contributed by atoms with Crippen molar-refractivity contribution in [3.05, 3.63) is 48.5 Å². The number of benzene rings is 1. The summed E-state index contributed by atoms with van der Waals surface area (Å²) in [5.74, 6) is 1.54. The van der Waals surface area contributed by atoms with Crippen LogP contribution in [-0.2, 0) is 16.6 Å². The van der Waals surface area contributed by atoms with Gasteiger partial charge < -0.3 is 9.30 Å². The van der Waals surface area contributed by atoms with Crippen LogP contribution in [0, 0.1) is 0 Å². The maximum absolute atomic E-state index is 13.0. The van der Waals surface area contributed by atoms with Gasteiger partial charge in [-0.3, -0.25) is 4.98 Å². The van der Waals surface area contributed by atoms with E-state index < -0.39 is 10.0 Å². The van der Waals surface area contributed by atoms with E-state index in [4.69, 9.17) is 9.72 Å². The Morgan fingerprint density at radius 2 is 2.15 bits per heavy atom. The van der Waals surface area contributed by atoms with Gasteiger partial charge in [-0.15, -0.1) is 0 Å². The molecule has 0 saturated carbocycles. The molecule has 3 aromatic rings. The number of methoxy groups -OCH3 is 1. The highest BCUT2D eigenvalue weighted by atomic mass is 32.2. The summed E-state index contributed by atoms with van der Waals surface area (Å²) >= 11 is 0. The molecule has 1 aliphatic heterocycles. The van der Waals surface area contributed by atoms with Crippen LogP contribution in [0.15, 0.2) is 47.6 Å². The van der Waals surface area contributed by atoms with Gasteiger partial charge in [0.15, 0.2) is 0 Å². The van der Waals surface area contributed by atoms with Gasteiger partial charge in [-0.2, -0.15) is 4.31 Å². The Kier molecular flexibility index (Phi) is 4.61. The number of pyridine rings is 1. The average molecular weight is 386 g/mol. The lowest BCUT2D eigenvalue weighted by Gasteiger charge is -2.17. The molecule has 7 nitrogen and oxygen atoms in total. The van der Waals surface area contributed by atoms with Crippen molar-refractivity contribution >= 4 is 21.1 Å². The number of nitrogens with zero attached hydrogens (tertiary/aromatic N) is 4. The molecule has 0 spiro atoms. The molecule has 27 heavy (non-hydrogen) atoms. The number of aromatic nitrogens is 3. The third-order valence-corrected chi connectivity index (χ3v) is 6.95. The molecule has 8 heteroatoms. The van der Waals surface area contributed by atoms with Crippen LogP contribution >= 0.6 is 0 Å². The molecule has 1 fully saturated rings. The van der Waals surface area contributed by atoms with Crippen LogP contribution in [0.4, 0.5) is 0 Å². The number of imidazole rings is 1. The molecule has 2 aromatic heterocycles. The molecule has 4 rings (SSSR count). The first kappa shape index (κ1) is 17.9. The fourth-order valence-electron chi connectivity index (χ4n) is 3.70. The van der Waals surface area contributed by atoms with Crippen molar-refractivity contribution in [2.24, 2.45) is 0 Å².